The Bertz CT molecular complexity index is 718. The second kappa shape index (κ2) is 9.59. The Labute approximate surface area is 164 Å². The fourth-order valence-corrected chi connectivity index (χ4v) is 2.78. The van der Waals surface area contributed by atoms with Crippen molar-refractivity contribution < 1.29 is 33.2 Å². The maximum atomic E-state index is 12.6. The van der Waals surface area contributed by atoms with E-state index in [2.05, 4.69) is 5.32 Å². The quantitative estimate of drug-likeness (QED) is 0.703. The van der Waals surface area contributed by atoms with Gasteiger partial charge in [0.25, 0.3) is 0 Å². The van der Waals surface area contributed by atoms with Crippen LogP contribution in [0.2, 0.25) is 0 Å². The maximum absolute atomic E-state index is 12.6. The first-order chi connectivity index (χ1) is 13.5. The van der Waals surface area contributed by atoms with E-state index in [1.807, 2.05) is 0 Å². The van der Waals surface area contributed by atoms with Gasteiger partial charge in [-0.3, -0.25) is 4.79 Å². The minimum absolute atomic E-state index is 0.105. The molecule has 2 aromatic carbocycles. The van der Waals surface area contributed by atoms with Crippen LogP contribution in [0.3, 0.4) is 0 Å². The van der Waals surface area contributed by atoms with Gasteiger partial charge in [0, 0.05) is 17.8 Å². The van der Waals surface area contributed by atoms with E-state index in [0.717, 1.165) is 0 Å². The van der Waals surface area contributed by atoms with Crippen LogP contribution in [0.4, 0.5) is 5.69 Å². The number of hydrogen-bond acceptors (Lipinski definition) is 7. The van der Waals surface area contributed by atoms with Crippen molar-refractivity contribution in [2.75, 3.05) is 48.0 Å². The number of carbonyl (C=O) groups excluding carboxylic acids is 1. The minimum atomic E-state index is -0.233. The number of ether oxygens (including phenoxy) is 6. The Morgan fingerprint density at radius 2 is 1.07 bits per heavy atom. The highest BCUT2D eigenvalue weighted by atomic mass is 16.5. The van der Waals surface area contributed by atoms with Crippen LogP contribution in [0.5, 0.6) is 34.5 Å². The molecule has 28 heavy (non-hydrogen) atoms. The fourth-order valence-electron chi connectivity index (χ4n) is 2.78. The summed E-state index contributed by atoms with van der Waals surface area (Å²) in [7, 11) is 9.12. The van der Waals surface area contributed by atoms with Crippen molar-refractivity contribution in [3.05, 3.63) is 29.8 Å². The van der Waals surface area contributed by atoms with Gasteiger partial charge in [0.15, 0.2) is 23.0 Å². The van der Waals surface area contributed by atoms with E-state index < -0.39 is 0 Å². The molecule has 0 saturated heterocycles. The lowest BCUT2D eigenvalue weighted by molar-refractivity contribution is -0.115. The summed E-state index contributed by atoms with van der Waals surface area (Å²) in [6.07, 6.45) is 0.105. The molecule has 8 nitrogen and oxygen atoms in total. The molecule has 0 aliphatic heterocycles. The van der Waals surface area contributed by atoms with Crippen LogP contribution >= 0.6 is 0 Å². The number of hydrogen-bond donors (Lipinski definition) is 1. The molecule has 0 bridgehead atoms. The predicted molar refractivity (Wildman–Crippen MR) is 105 cm³/mol. The lowest BCUT2D eigenvalue weighted by Crippen LogP contribution is -2.15. The third-order valence-electron chi connectivity index (χ3n) is 4.04. The monoisotopic (exact) mass is 391 g/mol. The van der Waals surface area contributed by atoms with Gasteiger partial charge in [-0.15, -0.1) is 0 Å². The zero-order chi connectivity index (χ0) is 20.7. The van der Waals surface area contributed by atoms with Crippen LogP contribution in [-0.4, -0.2) is 48.6 Å². The predicted octanol–water partition coefficient (Wildman–Crippen LogP) is 2.92. The highest BCUT2D eigenvalue weighted by molar-refractivity contribution is 5.93. The molecule has 0 aromatic heterocycles. The van der Waals surface area contributed by atoms with Gasteiger partial charge in [-0.05, 0) is 17.7 Å². The van der Waals surface area contributed by atoms with Crippen molar-refractivity contribution in [2.24, 2.45) is 0 Å². The van der Waals surface area contributed by atoms with E-state index in [1.54, 1.807) is 24.3 Å². The van der Waals surface area contributed by atoms with Crippen molar-refractivity contribution in [1.82, 2.24) is 0 Å². The number of amides is 1. The molecule has 1 amide bonds. The van der Waals surface area contributed by atoms with Gasteiger partial charge < -0.3 is 33.7 Å². The zero-order valence-electron chi connectivity index (χ0n) is 16.9. The van der Waals surface area contributed by atoms with E-state index in [0.29, 0.717) is 45.7 Å². The molecule has 2 rings (SSSR count). The molecule has 8 heteroatoms. The number of methoxy groups -OCH3 is 6. The van der Waals surface area contributed by atoms with Crippen LogP contribution in [0.15, 0.2) is 24.3 Å². The Morgan fingerprint density at radius 3 is 1.43 bits per heavy atom. The summed E-state index contributed by atoms with van der Waals surface area (Å²) in [5, 5.41) is 2.83. The van der Waals surface area contributed by atoms with E-state index in [9.17, 15) is 4.79 Å². The maximum Gasteiger partial charge on any atom is 0.228 e. The number of anilines is 1. The Hall–Kier alpha value is -3.29. The first-order valence-corrected chi connectivity index (χ1v) is 8.39. The molecular formula is C20H25NO7. The van der Waals surface area contributed by atoms with Crippen molar-refractivity contribution in [3.63, 3.8) is 0 Å². The van der Waals surface area contributed by atoms with Crippen LogP contribution in [0.1, 0.15) is 5.56 Å². The van der Waals surface area contributed by atoms with Crippen LogP contribution in [0, 0.1) is 0 Å². The first-order valence-electron chi connectivity index (χ1n) is 8.39. The lowest BCUT2D eigenvalue weighted by Gasteiger charge is -2.15. The van der Waals surface area contributed by atoms with Crippen molar-refractivity contribution in [3.8, 4) is 34.5 Å². The summed E-state index contributed by atoms with van der Waals surface area (Å²) in [4.78, 5) is 12.6. The summed E-state index contributed by atoms with van der Waals surface area (Å²) < 4.78 is 31.8. The molecular weight excluding hydrogens is 366 g/mol. The normalized spacial score (nSPS) is 10.1. The van der Waals surface area contributed by atoms with Gasteiger partial charge in [-0.2, -0.15) is 0 Å². The van der Waals surface area contributed by atoms with E-state index >= 15 is 0 Å². The molecule has 2 aromatic rings. The molecule has 0 aliphatic rings. The van der Waals surface area contributed by atoms with Gasteiger partial charge in [-0.1, -0.05) is 0 Å². The van der Waals surface area contributed by atoms with Crippen molar-refractivity contribution in [2.45, 2.75) is 6.42 Å². The molecule has 0 heterocycles. The summed E-state index contributed by atoms with van der Waals surface area (Å²) in [6, 6.07) is 6.79. The third kappa shape index (κ3) is 4.51. The second-order valence-electron chi connectivity index (χ2n) is 5.67. The third-order valence-corrected chi connectivity index (χ3v) is 4.04. The van der Waals surface area contributed by atoms with Crippen LogP contribution in [0.25, 0.3) is 0 Å². The zero-order valence-corrected chi connectivity index (χ0v) is 16.9. The topological polar surface area (TPSA) is 84.5 Å². The number of benzene rings is 2. The Balaban J connectivity index is 2.25. The molecule has 0 fully saturated rings. The molecule has 0 aliphatic carbocycles. The van der Waals surface area contributed by atoms with Crippen LogP contribution < -0.4 is 33.7 Å². The SMILES string of the molecule is COc1cc(CC(=O)Nc2cc(OC)c(OC)c(OC)c2)cc(OC)c1OC. The second-order valence-corrected chi connectivity index (χ2v) is 5.67. The molecule has 0 spiro atoms. The lowest BCUT2D eigenvalue weighted by atomic mass is 10.1. The number of carbonyl (C=O) groups is 1. The van der Waals surface area contributed by atoms with Crippen LogP contribution in [-0.2, 0) is 11.2 Å². The summed E-state index contributed by atoms with van der Waals surface area (Å²) >= 11 is 0. The highest BCUT2D eigenvalue weighted by Gasteiger charge is 2.17. The first kappa shape index (κ1) is 21.0. The molecule has 1 N–H and O–H groups in total. The Kier molecular flexibility index (Phi) is 7.20. The van der Waals surface area contributed by atoms with E-state index in [-0.39, 0.29) is 12.3 Å². The summed E-state index contributed by atoms with van der Waals surface area (Å²) in [6.45, 7) is 0. The van der Waals surface area contributed by atoms with Gasteiger partial charge in [0.1, 0.15) is 0 Å². The molecule has 0 saturated carbocycles. The molecule has 152 valence electrons. The largest absolute Gasteiger partial charge is 0.493 e. The van der Waals surface area contributed by atoms with Gasteiger partial charge in [-0.25, -0.2) is 0 Å². The van der Waals surface area contributed by atoms with E-state index in [1.165, 1.54) is 42.7 Å². The molecule has 0 radical (unpaired) electrons. The standard InChI is InChI=1S/C20H25NO7/c1-23-14-7-12(8-15(24-2)19(14)27-5)9-18(22)21-13-10-16(25-3)20(28-6)17(11-13)26-4/h7-8,10-11H,9H2,1-6H3,(H,21,22). The molecule has 0 unspecified atom stereocenters. The summed E-state index contributed by atoms with van der Waals surface area (Å²) in [5.41, 5.74) is 1.23. The fraction of sp³-hybridized carbons (Fsp3) is 0.350. The van der Waals surface area contributed by atoms with Gasteiger partial charge in [0.05, 0.1) is 49.1 Å². The van der Waals surface area contributed by atoms with Crippen molar-refractivity contribution in [1.29, 1.82) is 0 Å². The summed E-state index contributed by atoms with van der Waals surface area (Å²) in [5.74, 6) is 2.56. The van der Waals surface area contributed by atoms with Gasteiger partial charge >= 0.3 is 0 Å². The average Bonchev–Trinajstić information content (AvgIpc) is 2.71. The van der Waals surface area contributed by atoms with E-state index in [4.69, 9.17) is 28.4 Å². The average molecular weight is 391 g/mol. The molecule has 0 atom stereocenters. The highest BCUT2D eigenvalue weighted by Crippen LogP contribution is 2.40. The number of nitrogens with one attached hydrogen (secondary N) is 1. The Morgan fingerprint density at radius 1 is 0.679 bits per heavy atom. The minimum Gasteiger partial charge on any atom is -0.493 e. The number of rotatable bonds is 9. The smallest absolute Gasteiger partial charge is 0.228 e. The van der Waals surface area contributed by atoms with Crippen molar-refractivity contribution >= 4 is 11.6 Å². The van der Waals surface area contributed by atoms with Gasteiger partial charge in [0.2, 0.25) is 17.4 Å².